The van der Waals surface area contributed by atoms with Crippen LogP contribution in [0.5, 0.6) is 0 Å². The molecule has 0 heterocycles. The number of hydrogen-bond donors (Lipinski definition) is 2. The van der Waals surface area contributed by atoms with Crippen LogP contribution in [0.25, 0.3) is 0 Å². The molecule has 3 N–H and O–H groups in total. The Bertz CT molecular complexity index is 329. The Labute approximate surface area is 85.5 Å². The largest absolute Gasteiger partial charge is 0.271 e. The Morgan fingerprint density at radius 1 is 1.36 bits per heavy atom. The maximum absolute atomic E-state index is 5.61. The summed E-state index contributed by atoms with van der Waals surface area (Å²) in [4.78, 5) is 0. The molecule has 1 aliphatic rings. The Morgan fingerprint density at radius 2 is 2.07 bits per heavy atom. The number of benzene rings is 1. The first kappa shape index (κ1) is 9.69. The monoisotopic (exact) mass is 190 g/mol. The number of hydrazine groups is 1. The summed E-state index contributed by atoms with van der Waals surface area (Å²) in [6, 6.07) is 6.81. The molecule has 1 atom stereocenters. The van der Waals surface area contributed by atoms with Gasteiger partial charge in [-0.25, -0.2) is 0 Å². The van der Waals surface area contributed by atoms with Crippen molar-refractivity contribution in [1.29, 1.82) is 0 Å². The Morgan fingerprint density at radius 3 is 2.64 bits per heavy atom. The molecule has 1 saturated carbocycles. The van der Waals surface area contributed by atoms with Crippen molar-refractivity contribution in [2.45, 2.75) is 32.7 Å². The Kier molecular flexibility index (Phi) is 2.57. The predicted molar refractivity (Wildman–Crippen MR) is 58.7 cm³/mol. The minimum Gasteiger partial charge on any atom is -0.271 e. The summed E-state index contributed by atoms with van der Waals surface area (Å²) in [5.41, 5.74) is 7.05. The molecule has 76 valence electrons. The predicted octanol–water partition coefficient (Wildman–Crippen LogP) is 2.22. The summed E-state index contributed by atoms with van der Waals surface area (Å²) in [7, 11) is 0. The van der Waals surface area contributed by atoms with Gasteiger partial charge in [-0.3, -0.25) is 11.3 Å². The molecule has 14 heavy (non-hydrogen) atoms. The number of rotatable bonds is 3. The average Bonchev–Trinajstić information content (AvgIpc) is 2.97. The van der Waals surface area contributed by atoms with E-state index in [-0.39, 0.29) is 0 Å². The highest BCUT2D eigenvalue weighted by Crippen LogP contribution is 2.41. The van der Waals surface area contributed by atoms with E-state index in [9.17, 15) is 0 Å². The molecule has 2 heteroatoms. The van der Waals surface area contributed by atoms with Crippen LogP contribution >= 0.6 is 0 Å². The smallest absolute Gasteiger partial charge is 0.0490 e. The maximum Gasteiger partial charge on any atom is 0.0490 e. The van der Waals surface area contributed by atoms with Crippen molar-refractivity contribution >= 4 is 0 Å². The van der Waals surface area contributed by atoms with Gasteiger partial charge in [-0.15, -0.1) is 0 Å². The third kappa shape index (κ3) is 1.68. The van der Waals surface area contributed by atoms with Crippen molar-refractivity contribution in [2.75, 3.05) is 0 Å². The van der Waals surface area contributed by atoms with E-state index < -0.39 is 0 Å². The van der Waals surface area contributed by atoms with Crippen LogP contribution in [-0.4, -0.2) is 0 Å². The third-order valence-corrected chi connectivity index (χ3v) is 3.25. The standard InChI is InChI=1S/C12H18N2/c1-8-4-3-5-11(9(8)2)12(14-13)10-6-7-10/h3-5,10,12,14H,6-7,13H2,1-2H3. The van der Waals surface area contributed by atoms with Gasteiger partial charge in [-0.05, 0) is 49.3 Å². The number of nitrogens with one attached hydrogen (secondary N) is 1. The molecule has 0 aromatic heterocycles. The normalized spacial score (nSPS) is 18.2. The van der Waals surface area contributed by atoms with Gasteiger partial charge in [0.15, 0.2) is 0 Å². The van der Waals surface area contributed by atoms with Crippen molar-refractivity contribution in [3.8, 4) is 0 Å². The number of aryl methyl sites for hydroxylation is 1. The fourth-order valence-corrected chi connectivity index (χ4v) is 2.02. The summed E-state index contributed by atoms with van der Waals surface area (Å²) in [5, 5.41) is 0. The first-order chi connectivity index (χ1) is 6.74. The average molecular weight is 190 g/mol. The molecule has 1 aromatic rings. The molecular formula is C12H18N2. The zero-order chi connectivity index (χ0) is 10.1. The summed E-state index contributed by atoms with van der Waals surface area (Å²) < 4.78 is 0. The highest BCUT2D eigenvalue weighted by atomic mass is 15.2. The molecule has 0 saturated heterocycles. The molecule has 0 aliphatic heterocycles. The number of nitrogens with two attached hydrogens (primary N) is 1. The summed E-state index contributed by atoms with van der Waals surface area (Å²) in [5.74, 6) is 6.37. The molecule has 0 spiro atoms. The van der Waals surface area contributed by atoms with Crippen molar-refractivity contribution in [3.63, 3.8) is 0 Å². The zero-order valence-corrected chi connectivity index (χ0v) is 8.88. The van der Waals surface area contributed by atoms with Gasteiger partial charge in [0.25, 0.3) is 0 Å². The highest BCUT2D eigenvalue weighted by molar-refractivity contribution is 5.36. The van der Waals surface area contributed by atoms with E-state index in [2.05, 4.69) is 37.5 Å². The van der Waals surface area contributed by atoms with Crippen LogP contribution in [0, 0.1) is 19.8 Å². The molecule has 2 rings (SSSR count). The second-order valence-corrected chi connectivity index (χ2v) is 4.27. The third-order valence-electron chi connectivity index (χ3n) is 3.25. The van der Waals surface area contributed by atoms with Crippen LogP contribution in [0.2, 0.25) is 0 Å². The number of hydrogen-bond acceptors (Lipinski definition) is 2. The van der Waals surface area contributed by atoms with Gasteiger partial charge in [0, 0.05) is 6.04 Å². The fourth-order valence-electron chi connectivity index (χ4n) is 2.02. The lowest BCUT2D eigenvalue weighted by atomic mass is 9.95. The molecule has 2 nitrogen and oxygen atoms in total. The Balaban J connectivity index is 2.33. The quantitative estimate of drug-likeness (QED) is 0.566. The minimum absolute atomic E-state index is 0.356. The Hall–Kier alpha value is -0.860. The van der Waals surface area contributed by atoms with Crippen molar-refractivity contribution in [3.05, 3.63) is 34.9 Å². The van der Waals surface area contributed by atoms with Gasteiger partial charge in [-0.2, -0.15) is 0 Å². The van der Waals surface area contributed by atoms with Crippen LogP contribution in [0.15, 0.2) is 18.2 Å². The molecule has 1 aromatic carbocycles. The zero-order valence-electron chi connectivity index (χ0n) is 8.88. The van der Waals surface area contributed by atoms with E-state index in [1.54, 1.807) is 0 Å². The molecule has 1 aliphatic carbocycles. The van der Waals surface area contributed by atoms with E-state index in [1.165, 1.54) is 29.5 Å². The maximum atomic E-state index is 5.61. The summed E-state index contributed by atoms with van der Waals surface area (Å²) >= 11 is 0. The van der Waals surface area contributed by atoms with Crippen LogP contribution in [0.4, 0.5) is 0 Å². The summed E-state index contributed by atoms with van der Waals surface area (Å²) in [6.07, 6.45) is 2.62. The van der Waals surface area contributed by atoms with Crippen LogP contribution < -0.4 is 11.3 Å². The van der Waals surface area contributed by atoms with Crippen molar-refractivity contribution < 1.29 is 0 Å². The SMILES string of the molecule is Cc1cccc(C(NN)C2CC2)c1C. The van der Waals surface area contributed by atoms with E-state index in [1.807, 2.05) is 0 Å². The first-order valence-corrected chi connectivity index (χ1v) is 5.26. The van der Waals surface area contributed by atoms with Crippen molar-refractivity contribution in [1.82, 2.24) is 5.43 Å². The lowest BCUT2D eigenvalue weighted by molar-refractivity contribution is 0.494. The molecule has 0 radical (unpaired) electrons. The van der Waals surface area contributed by atoms with E-state index >= 15 is 0 Å². The molecule has 0 bridgehead atoms. The highest BCUT2D eigenvalue weighted by Gasteiger charge is 2.32. The van der Waals surface area contributed by atoms with Crippen LogP contribution in [0.3, 0.4) is 0 Å². The van der Waals surface area contributed by atoms with Gasteiger partial charge >= 0.3 is 0 Å². The molecule has 1 fully saturated rings. The van der Waals surface area contributed by atoms with Gasteiger partial charge in [0.2, 0.25) is 0 Å². The van der Waals surface area contributed by atoms with Crippen LogP contribution in [-0.2, 0) is 0 Å². The van der Waals surface area contributed by atoms with E-state index in [0.717, 1.165) is 5.92 Å². The minimum atomic E-state index is 0.356. The van der Waals surface area contributed by atoms with E-state index in [4.69, 9.17) is 5.84 Å². The lowest BCUT2D eigenvalue weighted by Gasteiger charge is -2.19. The first-order valence-electron chi connectivity index (χ1n) is 5.26. The van der Waals surface area contributed by atoms with E-state index in [0.29, 0.717) is 6.04 Å². The van der Waals surface area contributed by atoms with Gasteiger partial charge in [0.1, 0.15) is 0 Å². The van der Waals surface area contributed by atoms with Gasteiger partial charge in [-0.1, -0.05) is 18.2 Å². The second-order valence-electron chi connectivity index (χ2n) is 4.27. The van der Waals surface area contributed by atoms with Gasteiger partial charge in [0.05, 0.1) is 0 Å². The van der Waals surface area contributed by atoms with Gasteiger partial charge < -0.3 is 0 Å². The molecule has 1 unspecified atom stereocenters. The van der Waals surface area contributed by atoms with Crippen LogP contribution in [0.1, 0.15) is 35.6 Å². The van der Waals surface area contributed by atoms with Crippen molar-refractivity contribution in [2.24, 2.45) is 11.8 Å². The topological polar surface area (TPSA) is 38.0 Å². The molecule has 0 amide bonds. The second kappa shape index (κ2) is 3.71. The lowest BCUT2D eigenvalue weighted by Crippen LogP contribution is -2.30. The summed E-state index contributed by atoms with van der Waals surface area (Å²) in [6.45, 7) is 4.33. The fraction of sp³-hybridized carbons (Fsp3) is 0.500. The molecular weight excluding hydrogens is 172 g/mol.